The molecule has 0 aliphatic heterocycles. The molecular formula is C22H18ClN3O2S2. The van der Waals surface area contributed by atoms with Crippen LogP contribution in [0.25, 0.3) is 17.0 Å². The average molecular weight is 456 g/mol. The van der Waals surface area contributed by atoms with E-state index in [0.29, 0.717) is 15.7 Å². The molecule has 1 N–H and O–H groups in total. The van der Waals surface area contributed by atoms with Gasteiger partial charge in [-0.05, 0) is 37.1 Å². The number of furan rings is 1. The van der Waals surface area contributed by atoms with Crippen LogP contribution in [0.3, 0.4) is 0 Å². The Kier molecular flexibility index (Phi) is 6.22. The summed E-state index contributed by atoms with van der Waals surface area (Å²) >= 11 is 9.10. The summed E-state index contributed by atoms with van der Waals surface area (Å²) in [4.78, 5) is 12.7. The van der Waals surface area contributed by atoms with Gasteiger partial charge in [0.25, 0.3) is 5.91 Å². The first-order chi connectivity index (χ1) is 14.5. The number of amides is 1. The Labute approximate surface area is 187 Å². The predicted octanol–water partition coefficient (Wildman–Crippen LogP) is 6.61. The van der Waals surface area contributed by atoms with Crippen molar-refractivity contribution in [3.8, 4) is 0 Å². The van der Waals surface area contributed by atoms with Crippen LogP contribution in [0.1, 0.15) is 27.2 Å². The van der Waals surface area contributed by atoms with Crippen molar-refractivity contribution in [3.05, 3.63) is 76.0 Å². The molecule has 1 amide bonds. The Morgan fingerprint density at radius 3 is 2.83 bits per heavy atom. The number of hydrogen-bond acceptors (Lipinski definition) is 6. The van der Waals surface area contributed by atoms with Crippen LogP contribution in [0.15, 0.2) is 57.3 Å². The van der Waals surface area contributed by atoms with Gasteiger partial charge in [-0.2, -0.15) is 0 Å². The number of hydrogen-bond donors (Lipinski definition) is 1. The summed E-state index contributed by atoms with van der Waals surface area (Å²) in [5.41, 5.74) is 3.44. The van der Waals surface area contributed by atoms with Crippen molar-refractivity contribution < 1.29 is 9.21 Å². The van der Waals surface area contributed by atoms with Crippen LogP contribution in [0, 0.1) is 13.8 Å². The summed E-state index contributed by atoms with van der Waals surface area (Å²) in [6.07, 6.45) is 4.14. The van der Waals surface area contributed by atoms with E-state index in [1.807, 2.05) is 44.2 Å². The number of fused-ring (bicyclic) bond motifs is 1. The van der Waals surface area contributed by atoms with Gasteiger partial charge in [0.05, 0.1) is 0 Å². The monoisotopic (exact) mass is 455 g/mol. The minimum Gasteiger partial charge on any atom is -0.451 e. The summed E-state index contributed by atoms with van der Waals surface area (Å²) < 4.78 is 6.55. The highest BCUT2D eigenvalue weighted by molar-refractivity contribution is 8.01. The number of benzene rings is 2. The number of carbonyl (C=O) groups is 1. The maximum Gasteiger partial charge on any atom is 0.293 e. The van der Waals surface area contributed by atoms with Gasteiger partial charge in [0.15, 0.2) is 10.1 Å². The molecule has 0 saturated heterocycles. The number of thioether (sulfide) groups is 1. The Morgan fingerprint density at radius 2 is 2.03 bits per heavy atom. The van der Waals surface area contributed by atoms with Gasteiger partial charge < -0.3 is 4.42 Å². The van der Waals surface area contributed by atoms with Crippen molar-refractivity contribution in [3.63, 3.8) is 0 Å². The molecule has 152 valence electrons. The second kappa shape index (κ2) is 9.04. The van der Waals surface area contributed by atoms with Crippen LogP contribution in [0.5, 0.6) is 0 Å². The number of aromatic nitrogens is 2. The lowest BCUT2D eigenvalue weighted by atomic mass is 10.1. The topological polar surface area (TPSA) is 68.0 Å². The fourth-order valence-electron chi connectivity index (χ4n) is 2.90. The van der Waals surface area contributed by atoms with Crippen molar-refractivity contribution in [1.82, 2.24) is 10.2 Å². The molecule has 8 heteroatoms. The Bertz CT molecular complexity index is 1230. The van der Waals surface area contributed by atoms with Gasteiger partial charge in [-0.15, -0.1) is 10.2 Å². The first-order valence-electron chi connectivity index (χ1n) is 9.20. The first-order valence-corrected chi connectivity index (χ1v) is 11.4. The highest BCUT2D eigenvalue weighted by atomic mass is 35.5. The van der Waals surface area contributed by atoms with Gasteiger partial charge in [-0.25, -0.2) is 0 Å². The largest absolute Gasteiger partial charge is 0.451 e. The standard InChI is InChI=1S/C22H18ClN3O2S2/c1-13-11-18-16(12-17(13)23)14(2)19(28-18)20(27)24-21-25-26-22(30-21)29-10-6-9-15-7-4-3-5-8-15/h3-9,11-12H,10H2,1-2H3,(H,24,25,27)/b9-6+. The summed E-state index contributed by atoms with van der Waals surface area (Å²) in [5, 5.41) is 12.9. The fourth-order valence-corrected chi connectivity index (χ4v) is 4.64. The molecule has 4 rings (SSSR count). The third kappa shape index (κ3) is 4.59. The molecule has 0 radical (unpaired) electrons. The van der Waals surface area contributed by atoms with E-state index in [-0.39, 0.29) is 11.7 Å². The summed E-state index contributed by atoms with van der Waals surface area (Å²) in [7, 11) is 0. The highest BCUT2D eigenvalue weighted by Crippen LogP contribution is 2.31. The van der Waals surface area contributed by atoms with Crippen LogP contribution in [-0.4, -0.2) is 21.9 Å². The molecule has 0 aliphatic rings. The molecule has 0 atom stereocenters. The first kappa shape index (κ1) is 20.7. The molecule has 4 aromatic rings. The number of anilines is 1. The van der Waals surface area contributed by atoms with Crippen LogP contribution < -0.4 is 5.32 Å². The second-order valence-electron chi connectivity index (χ2n) is 6.61. The third-order valence-electron chi connectivity index (χ3n) is 4.46. The maximum absolute atomic E-state index is 12.7. The maximum atomic E-state index is 12.7. The van der Waals surface area contributed by atoms with E-state index in [1.54, 1.807) is 11.8 Å². The van der Waals surface area contributed by atoms with E-state index in [1.165, 1.54) is 11.3 Å². The molecule has 0 fully saturated rings. The van der Waals surface area contributed by atoms with E-state index >= 15 is 0 Å². The Balaban J connectivity index is 1.40. The van der Waals surface area contributed by atoms with Crippen LogP contribution in [-0.2, 0) is 0 Å². The van der Waals surface area contributed by atoms with Crippen molar-refractivity contribution in [1.29, 1.82) is 0 Å². The minimum absolute atomic E-state index is 0.252. The van der Waals surface area contributed by atoms with Crippen molar-refractivity contribution in [2.45, 2.75) is 18.2 Å². The Morgan fingerprint density at radius 1 is 1.23 bits per heavy atom. The minimum atomic E-state index is -0.353. The van der Waals surface area contributed by atoms with Crippen LogP contribution >= 0.6 is 34.7 Å². The molecule has 0 saturated carbocycles. The fraction of sp³-hybridized carbons (Fsp3) is 0.136. The SMILES string of the molecule is Cc1cc2oc(C(=O)Nc3nnc(SC/C=C/c4ccccc4)s3)c(C)c2cc1Cl. The molecule has 2 aromatic carbocycles. The molecule has 0 aliphatic carbocycles. The lowest BCUT2D eigenvalue weighted by molar-refractivity contribution is 0.0998. The van der Waals surface area contributed by atoms with Gasteiger partial charge in [-0.3, -0.25) is 10.1 Å². The number of carbonyl (C=O) groups excluding carboxylic acids is 1. The number of halogens is 1. The number of nitrogens with one attached hydrogen (secondary N) is 1. The highest BCUT2D eigenvalue weighted by Gasteiger charge is 2.20. The van der Waals surface area contributed by atoms with E-state index in [0.717, 1.165) is 32.2 Å². The summed E-state index contributed by atoms with van der Waals surface area (Å²) in [5.74, 6) is 0.663. The molecule has 2 heterocycles. The third-order valence-corrected chi connectivity index (χ3v) is 6.80. The zero-order chi connectivity index (χ0) is 21.1. The molecule has 2 aromatic heterocycles. The van der Waals surface area contributed by atoms with Gasteiger partial charge in [-0.1, -0.05) is 77.2 Å². The zero-order valence-corrected chi connectivity index (χ0v) is 18.7. The van der Waals surface area contributed by atoms with Crippen molar-refractivity contribution >= 4 is 62.8 Å². The van der Waals surface area contributed by atoms with Gasteiger partial charge >= 0.3 is 0 Å². The average Bonchev–Trinajstić information content (AvgIpc) is 3.31. The normalized spacial score (nSPS) is 11.4. The number of nitrogens with zero attached hydrogens (tertiary/aromatic N) is 2. The summed E-state index contributed by atoms with van der Waals surface area (Å²) in [6.45, 7) is 3.74. The number of aryl methyl sites for hydroxylation is 2. The molecular weight excluding hydrogens is 438 g/mol. The molecule has 0 bridgehead atoms. The van der Waals surface area contributed by atoms with Gasteiger partial charge in [0.2, 0.25) is 5.13 Å². The summed E-state index contributed by atoms with van der Waals surface area (Å²) in [6, 6.07) is 13.8. The second-order valence-corrected chi connectivity index (χ2v) is 9.26. The number of rotatable bonds is 6. The lowest BCUT2D eigenvalue weighted by Gasteiger charge is -1.98. The predicted molar refractivity (Wildman–Crippen MR) is 125 cm³/mol. The van der Waals surface area contributed by atoms with Gasteiger partial charge in [0.1, 0.15) is 5.58 Å². The van der Waals surface area contributed by atoms with Crippen molar-refractivity contribution in [2.24, 2.45) is 0 Å². The molecule has 0 spiro atoms. The van der Waals surface area contributed by atoms with Gasteiger partial charge in [0, 0.05) is 21.7 Å². The van der Waals surface area contributed by atoms with E-state index < -0.39 is 0 Å². The van der Waals surface area contributed by atoms with Crippen LogP contribution in [0.4, 0.5) is 5.13 Å². The van der Waals surface area contributed by atoms with Crippen LogP contribution in [0.2, 0.25) is 5.02 Å². The molecule has 0 unspecified atom stereocenters. The smallest absolute Gasteiger partial charge is 0.293 e. The van der Waals surface area contributed by atoms with E-state index in [4.69, 9.17) is 16.0 Å². The Hall–Kier alpha value is -2.61. The van der Waals surface area contributed by atoms with Crippen molar-refractivity contribution in [2.75, 3.05) is 11.1 Å². The lowest BCUT2D eigenvalue weighted by Crippen LogP contribution is -2.11. The molecule has 30 heavy (non-hydrogen) atoms. The quantitative estimate of drug-likeness (QED) is 0.261. The van der Waals surface area contributed by atoms with E-state index in [9.17, 15) is 4.79 Å². The van der Waals surface area contributed by atoms with E-state index in [2.05, 4.69) is 39.8 Å². The zero-order valence-electron chi connectivity index (χ0n) is 16.3. The molecule has 5 nitrogen and oxygen atoms in total.